The highest BCUT2D eigenvalue weighted by Gasteiger charge is 2.12. The summed E-state index contributed by atoms with van der Waals surface area (Å²) in [6.45, 7) is 1.95. The molecule has 0 amide bonds. The van der Waals surface area contributed by atoms with Crippen LogP contribution in [0.3, 0.4) is 0 Å². The van der Waals surface area contributed by atoms with Crippen LogP contribution in [0.1, 0.15) is 5.56 Å². The maximum absolute atomic E-state index is 12.1. The second-order valence-electron chi connectivity index (χ2n) is 3.69. The van der Waals surface area contributed by atoms with Gasteiger partial charge in [0, 0.05) is 5.39 Å². The lowest BCUT2D eigenvalue weighted by Gasteiger charge is -1.99. The maximum atomic E-state index is 12.1. The molecule has 0 bridgehead atoms. The third kappa shape index (κ3) is 1.48. The number of fused-ring (bicyclic) bond motifs is 1. The van der Waals surface area contributed by atoms with E-state index in [0.717, 1.165) is 5.56 Å². The van der Waals surface area contributed by atoms with Gasteiger partial charge in [0.2, 0.25) is 11.3 Å². The number of nitrogens with one attached hydrogen (secondary N) is 2. The zero-order chi connectivity index (χ0) is 11.8. The average Bonchev–Trinajstić information content (AvgIpc) is 2.82. The van der Waals surface area contributed by atoms with Crippen LogP contribution in [0, 0.1) is 6.92 Å². The van der Waals surface area contributed by atoms with E-state index in [2.05, 4.69) is 30.8 Å². The zero-order valence-corrected chi connectivity index (χ0v) is 8.93. The first-order valence-corrected chi connectivity index (χ1v) is 4.98. The molecule has 0 saturated heterocycles. The Morgan fingerprint density at radius 1 is 1.24 bits per heavy atom. The number of benzene rings is 1. The number of nitrogens with zero attached hydrogens (tertiary/aromatic N) is 4. The molecule has 2 aromatic heterocycles. The Labute approximate surface area is 94.9 Å². The molecule has 0 spiro atoms. The van der Waals surface area contributed by atoms with Gasteiger partial charge in [-0.05, 0) is 29.8 Å². The molecular formula is C10H8N6O. The van der Waals surface area contributed by atoms with Crippen LogP contribution < -0.4 is 5.43 Å². The lowest BCUT2D eigenvalue weighted by molar-refractivity contribution is 0.881. The number of hydrogen-bond donors (Lipinski definition) is 2. The Hall–Kier alpha value is -2.57. The van der Waals surface area contributed by atoms with Crippen molar-refractivity contribution in [3.63, 3.8) is 0 Å². The van der Waals surface area contributed by atoms with Gasteiger partial charge >= 0.3 is 0 Å². The van der Waals surface area contributed by atoms with Gasteiger partial charge in [-0.1, -0.05) is 6.07 Å². The van der Waals surface area contributed by atoms with Crippen molar-refractivity contribution in [2.75, 3.05) is 0 Å². The highest BCUT2D eigenvalue weighted by molar-refractivity contribution is 5.81. The summed E-state index contributed by atoms with van der Waals surface area (Å²) in [5.41, 5.74) is 1.71. The fourth-order valence-electron chi connectivity index (χ4n) is 1.66. The predicted molar refractivity (Wildman–Crippen MR) is 60.3 cm³/mol. The van der Waals surface area contributed by atoms with Crippen LogP contribution in [-0.4, -0.2) is 30.8 Å². The maximum Gasteiger partial charge on any atom is 0.228 e. The Morgan fingerprint density at radius 3 is 2.88 bits per heavy atom. The quantitative estimate of drug-likeness (QED) is 0.628. The molecule has 0 radical (unpaired) electrons. The van der Waals surface area contributed by atoms with Crippen molar-refractivity contribution in [3.05, 3.63) is 34.0 Å². The number of aryl methyl sites for hydroxylation is 1. The predicted octanol–water partition coefficient (Wildman–Crippen LogP) is 0.412. The normalized spacial score (nSPS) is 10.9. The van der Waals surface area contributed by atoms with E-state index >= 15 is 0 Å². The highest BCUT2D eigenvalue weighted by atomic mass is 16.1. The van der Waals surface area contributed by atoms with E-state index in [1.54, 1.807) is 6.07 Å². The second kappa shape index (κ2) is 3.48. The molecule has 0 aliphatic rings. The van der Waals surface area contributed by atoms with Crippen molar-refractivity contribution >= 4 is 10.9 Å². The minimum atomic E-state index is -0.208. The zero-order valence-electron chi connectivity index (χ0n) is 8.93. The van der Waals surface area contributed by atoms with Gasteiger partial charge in [0.25, 0.3) is 0 Å². The van der Waals surface area contributed by atoms with Crippen LogP contribution >= 0.6 is 0 Å². The van der Waals surface area contributed by atoms with Crippen molar-refractivity contribution in [1.29, 1.82) is 0 Å². The van der Waals surface area contributed by atoms with Crippen LogP contribution in [-0.2, 0) is 0 Å². The summed E-state index contributed by atoms with van der Waals surface area (Å²) < 4.78 is 0. The molecule has 2 N–H and O–H groups in total. The molecule has 3 rings (SSSR count). The number of aromatic amines is 2. The van der Waals surface area contributed by atoms with Crippen LogP contribution in [0.2, 0.25) is 0 Å². The molecular weight excluding hydrogens is 220 g/mol. The fourth-order valence-corrected chi connectivity index (χ4v) is 1.66. The topological polar surface area (TPSA) is 100 Å². The second-order valence-corrected chi connectivity index (χ2v) is 3.69. The van der Waals surface area contributed by atoms with Crippen LogP contribution in [0.15, 0.2) is 23.0 Å². The molecule has 0 aliphatic carbocycles. The van der Waals surface area contributed by atoms with Gasteiger partial charge < -0.3 is 0 Å². The Morgan fingerprint density at radius 2 is 2.12 bits per heavy atom. The third-order valence-electron chi connectivity index (χ3n) is 2.48. The number of hydrogen-bond acceptors (Lipinski definition) is 5. The van der Waals surface area contributed by atoms with Gasteiger partial charge in [-0.15, -0.1) is 10.2 Å². The molecule has 0 fully saturated rings. The van der Waals surface area contributed by atoms with Crippen molar-refractivity contribution in [1.82, 2.24) is 30.8 Å². The molecule has 0 unspecified atom stereocenters. The molecule has 3 aromatic rings. The fraction of sp³-hybridized carbons (Fsp3) is 0.100. The summed E-state index contributed by atoms with van der Waals surface area (Å²) in [5, 5.41) is 20.5. The Balaban J connectivity index is 2.34. The van der Waals surface area contributed by atoms with Crippen molar-refractivity contribution in [2.24, 2.45) is 0 Å². The van der Waals surface area contributed by atoms with E-state index in [1.807, 2.05) is 19.1 Å². The number of aromatic nitrogens is 6. The lowest BCUT2D eigenvalue weighted by Crippen LogP contribution is -2.10. The lowest BCUT2D eigenvalue weighted by atomic mass is 10.1. The molecule has 7 heteroatoms. The standard InChI is InChI=1S/C10H8N6O/c1-5-2-3-6-7(4-5)11-12-8(9(6)17)10-13-15-16-14-10/h2-4H,1H3,(H,11,17)(H,13,14,15,16). The number of tetrazole rings is 1. The molecule has 1 aromatic carbocycles. The molecule has 84 valence electrons. The number of rotatable bonds is 1. The van der Waals surface area contributed by atoms with Crippen molar-refractivity contribution < 1.29 is 0 Å². The molecule has 7 nitrogen and oxygen atoms in total. The van der Waals surface area contributed by atoms with Crippen molar-refractivity contribution in [2.45, 2.75) is 6.92 Å². The summed E-state index contributed by atoms with van der Waals surface area (Å²) in [6.07, 6.45) is 0. The minimum absolute atomic E-state index is 0.162. The monoisotopic (exact) mass is 228 g/mol. The van der Waals surface area contributed by atoms with E-state index in [0.29, 0.717) is 10.9 Å². The Kier molecular flexibility index (Phi) is 1.97. The summed E-state index contributed by atoms with van der Waals surface area (Å²) in [7, 11) is 0. The van der Waals surface area contributed by atoms with Gasteiger partial charge in [-0.3, -0.25) is 9.89 Å². The summed E-state index contributed by atoms with van der Waals surface area (Å²) in [4.78, 5) is 12.1. The highest BCUT2D eigenvalue weighted by Crippen LogP contribution is 2.12. The van der Waals surface area contributed by atoms with E-state index < -0.39 is 0 Å². The smallest absolute Gasteiger partial charge is 0.228 e. The molecule has 0 aliphatic heterocycles. The molecule has 17 heavy (non-hydrogen) atoms. The SMILES string of the molecule is Cc1ccc2c(=O)c(-c3nn[nH]n3)n[nH]c2c1. The van der Waals surface area contributed by atoms with E-state index in [1.165, 1.54) is 0 Å². The summed E-state index contributed by atoms with van der Waals surface area (Å²) in [5.74, 6) is 0.189. The molecule has 2 heterocycles. The van der Waals surface area contributed by atoms with E-state index in [-0.39, 0.29) is 16.9 Å². The van der Waals surface area contributed by atoms with Gasteiger partial charge in [-0.2, -0.15) is 10.3 Å². The van der Waals surface area contributed by atoms with E-state index in [4.69, 9.17) is 0 Å². The summed E-state index contributed by atoms with van der Waals surface area (Å²) >= 11 is 0. The Bertz CT molecular complexity index is 730. The molecule has 0 saturated carbocycles. The first-order chi connectivity index (χ1) is 8.25. The van der Waals surface area contributed by atoms with Crippen LogP contribution in [0.25, 0.3) is 22.4 Å². The van der Waals surface area contributed by atoms with Crippen molar-refractivity contribution in [3.8, 4) is 11.5 Å². The van der Waals surface area contributed by atoms with Gasteiger partial charge in [0.1, 0.15) is 0 Å². The summed E-state index contributed by atoms with van der Waals surface area (Å²) in [6, 6.07) is 5.50. The third-order valence-corrected chi connectivity index (χ3v) is 2.48. The first kappa shape index (κ1) is 9.64. The first-order valence-electron chi connectivity index (χ1n) is 4.98. The van der Waals surface area contributed by atoms with Crippen LogP contribution in [0.5, 0.6) is 0 Å². The average molecular weight is 228 g/mol. The van der Waals surface area contributed by atoms with Crippen LogP contribution in [0.4, 0.5) is 0 Å². The van der Waals surface area contributed by atoms with Gasteiger partial charge in [-0.25, -0.2) is 0 Å². The van der Waals surface area contributed by atoms with Gasteiger partial charge in [0.05, 0.1) is 5.52 Å². The molecule has 0 atom stereocenters. The number of H-pyrrole nitrogens is 2. The minimum Gasteiger partial charge on any atom is -0.287 e. The van der Waals surface area contributed by atoms with Gasteiger partial charge in [0.15, 0.2) is 5.69 Å². The van der Waals surface area contributed by atoms with E-state index in [9.17, 15) is 4.79 Å². The largest absolute Gasteiger partial charge is 0.287 e.